The maximum Gasteiger partial charge on any atom is 0.219 e. The molecular formula is C19H28N4O. The molecule has 1 aromatic rings. The van der Waals surface area contributed by atoms with Gasteiger partial charge in [-0.05, 0) is 57.4 Å². The Balaban J connectivity index is 1.43. The van der Waals surface area contributed by atoms with Gasteiger partial charge in [0, 0.05) is 44.2 Å². The molecule has 0 spiro atoms. The van der Waals surface area contributed by atoms with Crippen molar-refractivity contribution < 1.29 is 4.79 Å². The zero-order chi connectivity index (χ0) is 16.5. The van der Waals surface area contributed by atoms with Crippen molar-refractivity contribution in [2.24, 2.45) is 0 Å². The lowest BCUT2D eigenvalue weighted by Gasteiger charge is -2.42. The first-order valence-corrected chi connectivity index (χ1v) is 9.59. The maximum atomic E-state index is 12.2. The fourth-order valence-corrected chi connectivity index (χ4v) is 4.14. The summed E-state index contributed by atoms with van der Waals surface area (Å²) in [6.07, 6.45) is 11.3. The molecular weight excluding hydrogens is 300 g/mol. The molecule has 5 heteroatoms. The number of aromatic nitrogens is 2. The zero-order valence-corrected chi connectivity index (χ0v) is 14.7. The molecule has 1 unspecified atom stereocenters. The minimum Gasteiger partial charge on any atom is -0.356 e. The van der Waals surface area contributed by atoms with Crippen LogP contribution in [0.25, 0.3) is 0 Å². The summed E-state index contributed by atoms with van der Waals surface area (Å²) >= 11 is 0. The number of carbonyl (C=O) groups is 1. The van der Waals surface area contributed by atoms with Crippen LogP contribution in [-0.2, 0) is 4.79 Å². The van der Waals surface area contributed by atoms with Crippen molar-refractivity contribution in [1.82, 2.24) is 14.9 Å². The third kappa shape index (κ3) is 3.26. The molecule has 0 radical (unpaired) electrons. The van der Waals surface area contributed by atoms with Crippen LogP contribution >= 0.6 is 0 Å². The lowest BCUT2D eigenvalue weighted by molar-refractivity contribution is -0.136. The van der Waals surface area contributed by atoms with Crippen molar-refractivity contribution in [3.8, 4) is 0 Å². The Morgan fingerprint density at radius 1 is 1.08 bits per heavy atom. The topological polar surface area (TPSA) is 49.3 Å². The van der Waals surface area contributed by atoms with E-state index in [4.69, 9.17) is 4.98 Å². The second-order valence-electron chi connectivity index (χ2n) is 7.63. The molecule has 2 heterocycles. The minimum atomic E-state index is 0.260. The van der Waals surface area contributed by atoms with Crippen LogP contribution in [0.2, 0.25) is 0 Å². The lowest BCUT2D eigenvalue weighted by atomic mass is 9.89. The Bertz CT molecular complexity index is 597. The molecule has 1 aromatic heterocycles. The Kier molecular flexibility index (Phi) is 4.42. The van der Waals surface area contributed by atoms with E-state index in [1.807, 2.05) is 12.3 Å². The van der Waals surface area contributed by atoms with Crippen molar-refractivity contribution in [2.75, 3.05) is 18.0 Å². The summed E-state index contributed by atoms with van der Waals surface area (Å²) in [5.41, 5.74) is 0. The molecule has 0 aromatic carbocycles. The van der Waals surface area contributed by atoms with E-state index >= 15 is 0 Å². The largest absolute Gasteiger partial charge is 0.356 e. The summed E-state index contributed by atoms with van der Waals surface area (Å²) in [7, 11) is 0. The second-order valence-corrected chi connectivity index (χ2v) is 7.63. The van der Waals surface area contributed by atoms with Crippen LogP contribution in [0.3, 0.4) is 0 Å². The molecule has 0 bridgehead atoms. The van der Waals surface area contributed by atoms with Crippen molar-refractivity contribution in [1.29, 1.82) is 0 Å². The third-order valence-electron chi connectivity index (χ3n) is 5.85. The van der Waals surface area contributed by atoms with Crippen LogP contribution in [0, 0.1) is 0 Å². The first-order valence-electron chi connectivity index (χ1n) is 9.59. The number of rotatable bonds is 4. The molecule has 3 aliphatic rings. The fraction of sp³-hybridized carbons (Fsp3) is 0.737. The van der Waals surface area contributed by atoms with E-state index < -0.39 is 0 Å². The quantitative estimate of drug-likeness (QED) is 0.852. The minimum absolute atomic E-state index is 0.260. The predicted octanol–water partition coefficient (Wildman–Crippen LogP) is 3.11. The van der Waals surface area contributed by atoms with E-state index in [1.165, 1.54) is 32.1 Å². The van der Waals surface area contributed by atoms with Gasteiger partial charge in [-0.15, -0.1) is 0 Å². The molecule has 0 N–H and O–H groups in total. The summed E-state index contributed by atoms with van der Waals surface area (Å²) in [5.74, 6) is 2.95. The SMILES string of the molecule is CC(=O)N(C1CCC1)C1CCCN(c2ccnc(C3CC3)n2)CC1. The first-order chi connectivity index (χ1) is 11.7. The summed E-state index contributed by atoms with van der Waals surface area (Å²) in [5, 5.41) is 0. The molecule has 1 atom stereocenters. The molecule has 24 heavy (non-hydrogen) atoms. The number of amides is 1. The van der Waals surface area contributed by atoms with Gasteiger partial charge in [0.15, 0.2) is 0 Å². The molecule has 3 fully saturated rings. The number of carbonyl (C=O) groups excluding carboxylic acids is 1. The van der Waals surface area contributed by atoms with Crippen LogP contribution in [-0.4, -0.2) is 45.9 Å². The summed E-state index contributed by atoms with van der Waals surface area (Å²) in [6.45, 7) is 3.77. The highest BCUT2D eigenvalue weighted by molar-refractivity contribution is 5.74. The number of hydrogen-bond acceptors (Lipinski definition) is 4. The van der Waals surface area contributed by atoms with Gasteiger partial charge in [-0.1, -0.05) is 0 Å². The summed E-state index contributed by atoms with van der Waals surface area (Å²) in [6, 6.07) is 2.95. The monoisotopic (exact) mass is 328 g/mol. The van der Waals surface area contributed by atoms with Crippen LogP contribution in [0.15, 0.2) is 12.3 Å². The van der Waals surface area contributed by atoms with Gasteiger partial charge in [0.2, 0.25) is 5.91 Å². The van der Waals surface area contributed by atoms with E-state index in [0.717, 1.165) is 44.0 Å². The van der Waals surface area contributed by atoms with Gasteiger partial charge in [-0.25, -0.2) is 9.97 Å². The predicted molar refractivity (Wildman–Crippen MR) is 94.0 cm³/mol. The Labute approximate surface area is 144 Å². The average molecular weight is 328 g/mol. The molecule has 5 nitrogen and oxygen atoms in total. The van der Waals surface area contributed by atoms with E-state index in [1.54, 1.807) is 6.92 Å². The number of anilines is 1. The molecule has 1 aliphatic heterocycles. The van der Waals surface area contributed by atoms with Crippen LogP contribution in [0.4, 0.5) is 5.82 Å². The van der Waals surface area contributed by atoms with Gasteiger partial charge < -0.3 is 9.80 Å². The van der Waals surface area contributed by atoms with Gasteiger partial charge >= 0.3 is 0 Å². The first kappa shape index (κ1) is 15.9. The lowest BCUT2D eigenvalue weighted by Crippen LogP contribution is -2.49. The smallest absolute Gasteiger partial charge is 0.219 e. The van der Waals surface area contributed by atoms with Gasteiger partial charge in [-0.3, -0.25) is 4.79 Å². The Morgan fingerprint density at radius 3 is 2.50 bits per heavy atom. The number of nitrogens with zero attached hydrogens (tertiary/aromatic N) is 4. The van der Waals surface area contributed by atoms with Crippen molar-refractivity contribution in [3.63, 3.8) is 0 Å². The van der Waals surface area contributed by atoms with Gasteiger partial charge in [-0.2, -0.15) is 0 Å². The molecule has 2 saturated carbocycles. The molecule has 1 amide bonds. The van der Waals surface area contributed by atoms with Crippen molar-refractivity contribution in [3.05, 3.63) is 18.1 Å². The highest BCUT2D eigenvalue weighted by Crippen LogP contribution is 2.38. The number of hydrogen-bond donors (Lipinski definition) is 0. The molecule has 2 aliphatic carbocycles. The summed E-state index contributed by atoms with van der Waals surface area (Å²) in [4.78, 5) is 26.0. The van der Waals surface area contributed by atoms with E-state index in [9.17, 15) is 4.79 Å². The zero-order valence-electron chi connectivity index (χ0n) is 14.7. The van der Waals surface area contributed by atoms with Crippen molar-refractivity contribution >= 4 is 11.7 Å². The fourth-order valence-electron chi connectivity index (χ4n) is 4.14. The summed E-state index contributed by atoms with van der Waals surface area (Å²) < 4.78 is 0. The maximum absolute atomic E-state index is 12.2. The molecule has 130 valence electrons. The third-order valence-corrected chi connectivity index (χ3v) is 5.85. The standard InChI is InChI=1S/C19H28N4O/c1-14(24)23(16-4-2-5-16)17-6-3-12-22(13-10-17)18-9-11-20-19(21-18)15-7-8-15/h9,11,15-17H,2-8,10,12-13H2,1H3. The second kappa shape index (κ2) is 6.69. The Morgan fingerprint density at radius 2 is 1.83 bits per heavy atom. The Hall–Kier alpha value is -1.65. The molecule has 1 saturated heterocycles. The van der Waals surface area contributed by atoms with Gasteiger partial charge in [0.05, 0.1) is 0 Å². The van der Waals surface area contributed by atoms with Crippen LogP contribution < -0.4 is 4.90 Å². The van der Waals surface area contributed by atoms with E-state index in [0.29, 0.717) is 18.0 Å². The van der Waals surface area contributed by atoms with E-state index in [2.05, 4.69) is 14.8 Å². The highest BCUT2D eigenvalue weighted by Gasteiger charge is 2.33. The highest BCUT2D eigenvalue weighted by atomic mass is 16.2. The average Bonchev–Trinajstić information content (AvgIpc) is 3.37. The van der Waals surface area contributed by atoms with Gasteiger partial charge in [0.1, 0.15) is 11.6 Å². The van der Waals surface area contributed by atoms with E-state index in [-0.39, 0.29) is 5.91 Å². The molecule has 4 rings (SSSR count). The van der Waals surface area contributed by atoms with Crippen LogP contribution in [0.5, 0.6) is 0 Å². The van der Waals surface area contributed by atoms with Crippen molar-refractivity contribution in [2.45, 2.75) is 76.3 Å². The van der Waals surface area contributed by atoms with Crippen LogP contribution in [0.1, 0.15) is 70.0 Å². The normalized spacial score (nSPS) is 25.0. The van der Waals surface area contributed by atoms with Gasteiger partial charge in [0.25, 0.3) is 0 Å².